The Morgan fingerprint density at radius 3 is 2.41 bits per heavy atom. The van der Waals surface area contributed by atoms with Crippen LogP contribution in [0.15, 0.2) is 30.4 Å². The zero-order chi connectivity index (χ0) is 13.2. The molecule has 0 aliphatic rings. The van der Waals surface area contributed by atoms with Crippen molar-refractivity contribution in [1.29, 1.82) is 0 Å². The standard InChI is InChI=1S/C14H18O3/c1-9(13(16)17)7-10-5-6-11(15)8-12(10)14(2,3)4/h5-6,8,15H,1,7H2,2-4H3,(H,16,17). The predicted octanol–water partition coefficient (Wildman–Crippen LogP) is 2.87. The summed E-state index contributed by atoms with van der Waals surface area (Å²) >= 11 is 0. The van der Waals surface area contributed by atoms with E-state index in [4.69, 9.17) is 5.11 Å². The Bertz CT molecular complexity index is 453. The van der Waals surface area contributed by atoms with E-state index in [2.05, 4.69) is 6.58 Å². The number of phenols is 1. The first kappa shape index (κ1) is 13.3. The van der Waals surface area contributed by atoms with Gasteiger partial charge in [0.15, 0.2) is 0 Å². The van der Waals surface area contributed by atoms with E-state index in [0.717, 1.165) is 11.1 Å². The Morgan fingerprint density at radius 1 is 1.35 bits per heavy atom. The fraction of sp³-hybridized carbons (Fsp3) is 0.357. The van der Waals surface area contributed by atoms with Crippen molar-refractivity contribution in [2.24, 2.45) is 0 Å². The molecule has 0 fully saturated rings. The summed E-state index contributed by atoms with van der Waals surface area (Å²) in [5.41, 5.74) is 1.84. The van der Waals surface area contributed by atoms with E-state index >= 15 is 0 Å². The van der Waals surface area contributed by atoms with Gasteiger partial charge in [0.05, 0.1) is 0 Å². The Labute approximate surface area is 101 Å². The third-order valence-corrected chi connectivity index (χ3v) is 2.61. The first-order chi connectivity index (χ1) is 7.71. The lowest BCUT2D eigenvalue weighted by Gasteiger charge is -2.23. The summed E-state index contributed by atoms with van der Waals surface area (Å²) in [5.74, 6) is -0.794. The van der Waals surface area contributed by atoms with Crippen LogP contribution in [0.3, 0.4) is 0 Å². The molecule has 92 valence electrons. The molecule has 3 heteroatoms. The molecule has 1 aromatic rings. The highest BCUT2D eigenvalue weighted by molar-refractivity contribution is 5.86. The van der Waals surface area contributed by atoms with Crippen LogP contribution in [-0.4, -0.2) is 16.2 Å². The average Bonchev–Trinajstić information content (AvgIpc) is 2.18. The molecule has 0 aliphatic carbocycles. The molecule has 1 rings (SSSR count). The van der Waals surface area contributed by atoms with Crippen LogP contribution in [0.2, 0.25) is 0 Å². The molecule has 0 amide bonds. The molecule has 0 saturated carbocycles. The lowest BCUT2D eigenvalue weighted by atomic mass is 9.82. The van der Waals surface area contributed by atoms with Gasteiger partial charge in [0, 0.05) is 12.0 Å². The molecule has 0 saturated heterocycles. The lowest BCUT2D eigenvalue weighted by Crippen LogP contribution is -2.15. The Kier molecular flexibility index (Phi) is 3.61. The SMILES string of the molecule is C=C(Cc1ccc(O)cc1C(C)(C)C)C(=O)O. The van der Waals surface area contributed by atoms with Crippen molar-refractivity contribution in [1.82, 2.24) is 0 Å². The first-order valence-corrected chi connectivity index (χ1v) is 5.45. The third-order valence-electron chi connectivity index (χ3n) is 2.61. The number of hydrogen-bond donors (Lipinski definition) is 2. The monoisotopic (exact) mass is 234 g/mol. The zero-order valence-electron chi connectivity index (χ0n) is 10.4. The average molecular weight is 234 g/mol. The quantitative estimate of drug-likeness (QED) is 0.791. The van der Waals surface area contributed by atoms with Crippen LogP contribution in [0.25, 0.3) is 0 Å². The first-order valence-electron chi connectivity index (χ1n) is 5.45. The molecule has 2 N–H and O–H groups in total. The van der Waals surface area contributed by atoms with Gasteiger partial charge in [0.25, 0.3) is 0 Å². The van der Waals surface area contributed by atoms with E-state index in [1.165, 1.54) is 0 Å². The van der Waals surface area contributed by atoms with Crippen molar-refractivity contribution in [3.63, 3.8) is 0 Å². The van der Waals surface area contributed by atoms with Crippen molar-refractivity contribution in [2.45, 2.75) is 32.6 Å². The summed E-state index contributed by atoms with van der Waals surface area (Å²) in [4.78, 5) is 10.8. The van der Waals surface area contributed by atoms with Crippen molar-refractivity contribution >= 4 is 5.97 Å². The second-order valence-electron chi connectivity index (χ2n) is 5.18. The van der Waals surface area contributed by atoms with Crippen LogP contribution in [0, 0.1) is 0 Å². The maximum absolute atomic E-state index is 10.8. The summed E-state index contributed by atoms with van der Waals surface area (Å²) in [6.45, 7) is 9.60. The Hall–Kier alpha value is -1.77. The molecule has 0 spiro atoms. The number of carboxylic acids is 1. The van der Waals surface area contributed by atoms with Gasteiger partial charge in [0.2, 0.25) is 0 Å². The van der Waals surface area contributed by atoms with Crippen LogP contribution in [0.5, 0.6) is 5.75 Å². The largest absolute Gasteiger partial charge is 0.508 e. The smallest absolute Gasteiger partial charge is 0.331 e. The molecule has 0 heterocycles. The molecule has 0 unspecified atom stereocenters. The van der Waals surface area contributed by atoms with Crippen LogP contribution in [0.4, 0.5) is 0 Å². The zero-order valence-corrected chi connectivity index (χ0v) is 10.4. The van der Waals surface area contributed by atoms with E-state index in [1.54, 1.807) is 18.2 Å². The molecule has 0 bridgehead atoms. The highest BCUT2D eigenvalue weighted by atomic mass is 16.4. The highest BCUT2D eigenvalue weighted by Gasteiger charge is 2.19. The minimum Gasteiger partial charge on any atom is -0.508 e. The number of aliphatic carboxylic acids is 1. The van der Waals surface area contributed by atoms with E-state index in [9.17, 15) is 9.90 Å². The van der Waals surface area contributed by atoms with E-state index in [-0.39, 0.29) is 16.7 Å². The Morgan fingerprint density at radius 2 is 1.94 bits per heavy atom. The number of benzene rings is 1. The van der Waals surface area contributed by atoms with Crippen LogP contribution in [-0.2, 0) is 16.6 Å². The molecular formula is C14H18O3. The fourth-order valence-corrected chi connectivity index (χ4v) is 1.72. The van der Waals surface area contributed by atoms with Gasteiger partial charge in [-0.3, -0.25) is 0 Å². The van der Waals surface area contributed by atoms with Crippen LogP contribution >= 0.6 is 0 Å². The molecule has 17 heavy (non-hydrogen) atoms. The summed E-state index contributed by atoms with van der Waals surface area (Å²) in [5, 5.41) is 18.3. The van der Waals surface area contributed by atoms with Gasteiger partial charge >= 0.3 is 5.97 Å². The second kappa shape index (κ2) is 4.62. The van der Waals surface area contributed by atoms with Gasteiger partial charge in [-0.25, -0.2) is 4.79 Å². The molecule has 0 aromatic heterocycles. The van der Waals surface area contributed by atoms with Gasteiger partial charge in [-0.2, -0.15) is 0 Å². The van der Waals surface area contributed by atoms with Gasteiger partial charge in [-0.05, 0) is 28.7 Å². The predicted molar refractivity (Wildman–Crippen MR) is 67.3 cm³/mol. The normalized spacial score (nSPS) is 11.2. The van der Waals surface area contributed by atoms with Crippen LogP contribution < -0.4 is 0 Å². The van der Waals surface area contributed by atoms with Gasteiger partial charge in [-0.1, -0.05) is 33.4 Å². The van der Waals surface area contributed by atoms with E-state index in [0.29, 0.717) is 6.42 Å². The number of carbonyl (C=O) groups is 1. The maximum atomic E-state index is 10.8. The van der Waals surface area contributed by atoms with E-state index < -0.39 is 5.97 Å². The van der Waals surface area contributed by atoms with Crippen molar-refractivity contribution in [2.75, 3.05) is 0 Å². The van der Waals surface area contributed by atoms with Gasteiger partial charge < -0.3 is 10.2 Å². The molecule has 3 nitrogen and oxygen atoms in total. The number of phenolic OH excluding ortho intramolecular Hbond substituents is 1. The summed E-state index contributed by atoms with van der Waals surface area (Å²) in [7, 11) is 0. The minimum absolute atomic E-state index is 0.146. The summed E-state index contributed by atoms with van der Waals surface area (Å²) in [6, 6.07) is 5.01. The lowest BCUT2D eigenvalue weighted by molar-refractivity contribution is -0.132. The van der Waals surface area contributed by atoms with Gasteiger partial charge in [0.1, 0.15) is 5.75 Å². The molecular weight excluding hydrogens is 216 g/mol. The maximum Gasteiger partial charge on any atom is 0.331 e. The summed E-state index contributed by atoms with van der Waals surface area (Å²) < 4.78 is 0. The molecule has 0 atom stereocenters. The fourth-order valence-electron chi connectivity index (χ4n) is 1.72. The summed E-state index contributed by atoms with van der Waals surface area (Å²) in [6.07, 6.45) is 0.294. The second-order valence-corrected chi connectivity index (χ2v) is 5.18. The molecule has 1 aromatic carbocycles. The van der Waals surface area contributed by atoms with Crippen molar-refractivity contribution in [3.05, 3.63) is 41.5 Å². The van der Waals surface area contributed by atoms with E-state index in [1.807, 2.05) is 20.8 Å². The third kappa shape index (κ3) is 3.34. The van der Waals surface area contributed by atoms with Crippen molar-refractivity contribution in [3.8, 4) is 5.75 Å². The Balaban J connectivity index is 3.16. The number of aromatic hydroxyl groups is 1. The van der Waals surface area contributed by atoms with Crippen LogP contribution in [0.1, 0.15) is 31.9 Å². The van der Waals surface area contributed by atoms with Crippen molar-refractivity contribution < 1.29 is 15.0 Å². The molecule has 0 aliphatic heterocycles. The number of carboxylic acid groups (broad SMARTS) is 1. The molecule has 0 radical (unpaired) electrons. The number of rotatable bonds is 3. The highest BCUT2D eigenvalue weighted by Crippen LogP contribution is 2.30. The topological polar surface area (TPSA) is 57.5 Å². The number of hydrogen-bond acceptors (Lipinski definition) is 2. The minimum atomic E-state index is -0.988. The van der Waals surface area contributed by atoms with Gasteiger partial charge in [-0.15, -0.1) is 0 Å².